The summed E-state index contributed by atoms with van der Waals surface area (Å²) in [7, 11) is 1.53. The average molecular weight is 457 g/mol. The van der Waals surface area contributed by atoms with Crippen molar-refractivity contribution < 1.29 is 14.0 Å². The smallest absolute Gasteiger partial charge is 0.275 e. The van der Waals surface area contributed by atoms with Gasteiger partial charge in [-0.1, -0.05) is 11.6 Å². The van der Waals surface area contributed by atoms with E-state index < -0.39 is 22.7 Å². The fourth-order valence-electron chi connectivity index (χ4n) is 3.82. The van der Waals surface area contributed by atoms with Gasteiger partial charge in [-0.2, -0.15) is 0 Å². The predicted octanol–water partition coefficient (Wildman–Crippen LogP) is 3.41. The molecule has 166 valence electrons. The van der Waals surface area contributed by atoms with Gasteiger partial charge >= 0.3 is 0 Å². The van der Waals surface area contributed by atoms with Crippen molar-refractivity contribution in [1.29, 1.82) is 0 Å². The third kappa shape index (κ3) is 3.29. The van der Waals surface area contributed by atoms with Crippen LogP contribution in [0.4, 0.5) is 10.1 Å². The molecule has 3 heterocycles. The van der Waals surface area contributed by atoms with Crippen LogP contribution >= 0.6 is 11.6 Å². The standard InChI is InChI=1S/C22H22ClFN6O2/c1-21(2)19(32)29(4)20(25)28-22(21,3)14-9-13(6-7-15(14)24)26-18(31)16-11-30-10-12(23)5-8-17(30)27-16/h5-11H,1-4H3,(H2,25,28)(H,26,31)/t22-/m1/s1. The van der Waals surface area contributed by atoms with Crippen LogP contribution in [-0.2, 0) is 10.3 Å². The van der Waals surface area contributed by atoms with E-state index in [4.69, 9.17) is 17.3 Å². The molecular formula is C22H22ClFN6O2. The molecule has 0 bridgehead atoms. The van der Waals surface area contributed by atoms with Crippen molar-refractivity contribution in [3.05, 3.63) is 64.8 Å². The van der Waals surface area contributed by atoms with E-state index in [1.807, 2.05) is 0 Å². The highest BCUT2D eigenvalue weighted by molar-refractivity contribution is 6.30. The summed E-state index contributed by atoms with van der Waals surface area (Å²) in [6.45, 7) is 5.03. The number of carbonyl (C=O) groups is 2. The van der Waals surface area contributed by atoms with Gasteiger partial charge in [-0.3, -0.25) is 14.5 Å². The van der Waals surface area contributed by atoms with Crippen molar-refractivity contribution in [2.24, 2.45) is 16.1 Å². The number of guanidine groups is 1. The maximum Gasteiger partial charge on any atom is 0.275 e. The van der Waals surface area contributed by atoms with E-state index in [9.17, 15) is 14.0 Å². The van der Waals surface area contributed by atoms with Gasteiger partial charge in [-0.25, -0.2) is 14.4 Å². The molecule has 32 heavy (non-hydrogen) atoms. The molecule has 0 saturated carbocycles. The number of hydrogen-bond acceptors (Lipinski definition) is 5. The number of nitrogens with one attached hydrogen (secondary N) is 1. The van der Waals surface area contributed by atoms with Gasteiger partial charge in [0.2, 0.25) is 5.91 Å². The Kier molecular flexibility index (Phi) is 4.97. The molecule has 1 aromatic carbocycles. The van der Waals surface area contributed by atoms with Crippen LogP contribution in [0, 0.1) is 11.2 Å². The number of anilines is 1. The lowest BCUT2D eigenvalue weighted by Crippen LogP contribution is -2.58. The highest BCUT2D eigenvalue weighted by Gasteiger charge is 2.53. The fraction of sp³-hybridized carbons (Fsp3) is 0.273. The number of benzene rings is 1. The van der Waals surface area contributed by atoms with Gasteiger partial charge in [0.1, 0.15) is 22.7 Å². The second-order valence-corrected chi connectivity index (χ2v) is 8.86. The molecule has 0 unspecified atom stereocenters. The molecule has 0 saturated heterocycles. The topological polar surface area (TPSA) is 105 Å². The monoisotopic (exact) mass is 456 g/mol. The van der Waals surface area contributed by atoms with Crippen LogP contribution in [0.25, 0.3) is 5.65 Å². The minimum absolute atomic E-state index is 0.00553. The number of halogens is 2. The van der Waals surface area contributed by atoms with Crippen LogP contribution in [0.1, 0.15) is 36.8 Å². The van der Waals surface area contributed by atoms with E-state index in [0.717, 1.165) is 0 Å². The van der Waals surface area contributed by atoms with Crippen LogP contribution in [0.3, 0.4) is 0 Å². The van der Waals surface area contributed by atoms with E-state index in [0.29, 0.717) is 16.4 Å². The number of amides is 2. The molecule has 10 heteroatoms. The van der Waals surface area contributed by atoms with Crippen molar-refractivity contribution in [3.63, 3.8) is 0 Å². The van der Waals surface area contributed by atoms with Crippen molar-refractivity contribution in [2.75, 3.05) is 12.4 Å². The lowest BCUT2D eigenvalue weighted by Gasteiger charge is -2.46. The Balaban J connectivity index is 1.71. The zero-order valence-corrected chi connectivity index (χ0v) is 18.7. The second kappa shape index (κ2) is 7.30. The maximum atomic E-state index is 15.0. The number of pyridine rings is 1. The van der Waals surface area contributed by atoms with Crippen molar-refractivity contribution in [3.8, 4) is 0 Å². The van der Waals surface area contributed by atoms with E-state index >= 15 is 0 Å². The minimum Gasteiger partial charge on any atom is -0.369 e. The molecule has 0 radical (unpaired) electrons. The fourth-order valence-corrected chi connectivity index (χ4v) is 3.99. The van der Waals surface area contributed by atoms with E-state index in [2.05, 4.69) is 15.3 Å². The molecule has 0 fully saturated rings. The Bertz CT molecular complexity index is 1300. The molecule has 1 aliphatic heterocycles. The number of aliphatic imine (C=N–C) groups is 1. The molecule has 3 aromatic rings. The van der Waals surface area contributed by atoms with Gasteiger partial charge in [0.15, 0.2) is 5.96 Å². The van der Waals surface area contributed by atoms with Gasteiger partial charge < -0.3 is 15.5 Å². The summed E-state index contributed by atoms with van der Waals surface area (Å²) in [5, 5.41) is 3.23. The molecule has 4 rings (SSSR count). The second-order valence-electron chi connectivity index (χ2n) is 8.42. The summed E-state index contributed by atoms with van der Waals surface area (Å²) in [6.07, 6.45) is 3.19. The van der Waals surface area contributed by atoms with Crippen LogP contribution in [0.15, 0.2) is 47.7 Å². The summed E-state index contributed by atoms with van der Waals surface area (Å²) in [5.74, 6) is -1.33. The number of aromatic nitrogens is 2. The number of rotatable bonds is 3. The molecular weight excluding hydrogens is 435 g/mol. The molecule has 0 aliphatic carbocycles. The SMILES string of the molecule is CN1C(=O)C(C)(C)[C@@](C)(c2cc(NC(=O)c3cn4cc(Cl)ccc4n3)ccc2F)N=C1N. The van der Waals surface area contributed by atoms with Crippen molar-refractivity contribution in [1.82, 2.24) is 14.3 Å². The zero-order chi connectivity index (χ0) is 23.4. The summed E-state index contributed by atoms with van der Waals surface area (Å²) >= 11 is 5.98. The van der Waals surface area contributed by atoms with Crippen LogP contribution in [0.5, 0.6) is 0 Å². The molecule has 1 atom stereocenters. The van der Waals surface area contributed by atoms with Crippen LogP contribution < -0.4 is 11.1 Å². The zero-order valence-electron chi connectivity index (χ0n) is 18.0. The van der Waals surface area contributed by atoms with Gasteiger partial charge in [-0.05, 0) is 51.1 Å². The number of fused-ring (bicyclic) bond motifs is 1. The largest absolute Gasteiger partial charge is 0.369 e. The van der Waals surface area contributed by atoms with E-state index in [1.165, 1.54) is 30.1 Å². The number of imidazole rings is 1. The van der Waals surface area contributed by atoms with Crippen molar-refractivity contribution >= 4 is 40.7 Å². The quantitative estimate of drug-likeness (QED) is 0.630. The molecule has 0 spiro atoms. The van der Waals surface area contributed by atoms with E-state index in [1.54, 1.807) is 49.7 Å². The first kappa shape index (κ1) is 21.8. The van der Waals surface area contributed by atoms with Gasteiger partial charge in [0.25, 0.3) is 5.91 Å². The number of carbonyl (C=O) groups excluding carboxylic acids is 2. The van der Waals surface area contributed by atoms with Crippen LogP contribution in [0.2, 0.25) is 5.02 Å². The first-order valence-electron chi connectivity index (χ1n) is 9.83. The predicted molar refractivity (Wildman–Crippen MR) is 120 cm³/mol. The highest BCUT2D eigenvalue weighted by Crippen LogP contribution is 2.47. The van der Waals surface area contributed by atoms with Crippen LogP contribution in [-0.4, -0.2) is 39.1 Å². The Morgan fingerprint density at radius 1 is 1.19 bits per heavy atom. The lowest BCUT2D eigenvalue weighted by molar-refractivity contribution is -0.140. The summed E-state index contributed by atoms with van der Waals surface area (Å²) < 4.78 is 16.6. The molecule has 3 N–H and O–H groups in total. The molecule has 8 nitrogen and oxygen atoms in total. The minimum atomic E-state index is -1.29. The Morgan fingerprint density at radius 2 is 1.91 bits per heavy atom. The number of nitrogens with two attached hydrogens (primary N) is 1. The van der Waals surface area contributed by atoms with Gasteiger partial charge in [-0.15, -0.1) is 0 Å². The number of nitrogens with zero attached hydrogens (tertiary/aromatic N) is 4. The first-order chi connectivity index (χ1) is 14.9. The molecule has 2 aromatic heterocycles. The molecule has 1 aliphatic rings. The maximum absolute atomic E-state index is 15.0. The Morgan fingerprint density at radius 3 is 2.62 bits per heavy atom. The normalized spacial score (nSPS) is 20.4. The summed E-state index contributed by atoms with van der Waals surface area (Å²) in [5.41, 5.74) is 4.77. The highest BCUT2D eigenvalue weighted by atomic mass is 35.5. The third-order valence-electron chi connectivity index (χ3n) is 6.13. The van der Waals surface area contributed by atoms with E-state index in [-0.39, 0.29) is 23.1 Å². The van der Waals surface area contributed by atoms with Crippen molar-refractivity contribution in [2.45, 2.75) is 26.3 Å². The lowest BCUT2D eigenvalue weighted by atomic mass is 9.67. The third-order valence-corrected chi connectivity index (χ3v) is 6.36. The molecule has 2 amide bonds. The van der Waals surface area contributed by atoms with Gasteiger partial charge in [0, 0.05) is 30.7 Å². The Hall–Kier alpha value is -3.46. The first-order valence-corrected chi connectivity index (χ1v) is 10.2. The summed E-state index contributed by atoms with van der Waals surface area (Å²) in [4.78, 5) is 35.6. The number of hydrogen-bond donors (Lipinski definition) is 2. The average Bonchev–Trinajstić information content (AvgIpc) is 3.16. The summed E-state index contributed by atoms with van der Waals surface area (Å²) in [6, 6.07) is 7.50. The van der Waals surface area contributed by atoms with Gasteiger partial charge in [0.05, 0.1) is 10.4 Å². The Labute approximate surface area is 188 Å².